The molecule has 0 saturated carbocycles. The van der Waals surface area contributed by atoms with E-state index in [1.807, 2.05) is 12.1 Å². The molecule has 0 N–H and O–H groups in total. The second-order valence-corrected chi connectivity index (χ2v) is 6.09. The molecule has 0 atom stereocenters. The molecule has 4 aromatic rings. The number of hydrogen-bond donors (Lipinski definition) is 0. The summed E-state index contributed by atoms with van der Waals surface area (Å²) >= 11 is 0. The first kappa shape index (κ1) is 12.9. The Morgan fingerprint density at radius 1 is 0.522 bits per heavy atom. The van der Waals surface area contributed by atoms with E-state index in [0.29, 0.717) is 9.03 Å². The van der Waals surface area contributed by atoms with E-state index >= 15 is 0 Å². The van der Waals surface area contributed by atoms with E-state index in [4.69, 9.17) is 9.05 Å². The van der Waals surface area contributed by atoms with Crippen LogP contribution in [0.4, 0.5) is 0 Å². The van der Waals surface area contributed by atoms with Crippen molar-refractivity contribution in [2.24, 2.45) is 0 Å². The highest BCUT2D eigenvalue weighted by molar-refractivity contribution is 7.27. The molecule has 0 aromatic heterocycles. The monoisotopic (exact) mass is 315 g/mol. The van der Waals surface area contributed by atoms with Gasteiger partial charge in [-0.25, -0.2) is 0 Å². The van der Waals surface area contributed by atoms with Gasteiger partial charge in [0.05, 0.1) is 0 Å². The van der Waals surface area contributed by atoms with E-state index < -0.39 is 0 Å². The number of benzene rings is 4. The van der Waals surface area contributed by atoms with Gasteiger partial charge in [-0.15, -0.1) is 0 Å². The second-order valence-electron chi connectivity index (χ2n) is 5.58. The minimum absolute atomic E-state index is 0.495. The van der Waals surface area contributed by atoms with Crippen LogP contribution in [0, 0.1) is 0 Å². The van der Waals surface area contributed by atoms with Crippen molar-refractivity contribution in [2.75, 3.05) is 0 Å². The third-order valence-corrected chi connectivity index (χ3v) is 4.85. The topological polar surface area (TPSA) is 18.5 Å². The summed E-state index contributed by atoms with van der Waals surface area (Å²) in [6.45, 7) is 0. The zero-order valence-electron chi connectivity index (χ0n) is 12.2. The molecular formula is C20H12O2P. The SMILES string of the molecule is c1ccc2c3c(ccc2c1)O[P]Oc1ccc2ccccc2c1-3. The lowest BCUT2D eigenvalue weighted by Crippen LogP contribution is -1.87. The summed E-state index contributed by atoms with van der Waals surface area (Å²) < 4.78 is 11.7. The molecule has 0 aliphatic carbocycles. The van der Waals surface area contributed by atoms with E-state index in [0.717, 1.165) is 22.6 Å². The summed E-state index contributed by atoms with van der Waals surface area (Å²) in [5.74, 6) is 1.72. The maximum atomic E-state index is 5.84. The molecule has 5 rings (SSSR count). The third-order valence-electron chi connectivity index (χ3n) is 4.30. The van der Waals surface area contributed by atoms with E-state index in [1.54, 1.807) is 0 Å². The molecule has 1 heterocycles. The Kier molecular flexibility index (Phi) is 2.79. The van der Waals surface area contributed by atoms with Crippen molar-refractivity contribution in [1.29, 1.82) is 0 Å². The van der Waals surface area contributed by atoms with Crippen molar-refractivity contribution < 1.29 is 9.05 Å². The largest absolute Gasteiger partial charge is 0.430 e. The Morgan fingerprint density at radius 3 is 1.52 bits per heavy atom. The predicted molar refractivity (Wildman–Crippen MR) is 95.1 cm³/mol. The molecule has 0 fully saturated rings. The Morgan fingerprint density at radius 2 is 1.00 bits per heavy atom. The van der Waals surface area contributed by atoms with Gasteiger partial charge in [-0.1, -0.05) is 60.7 Å². The van der Waals surface area contributed by atoms with Gasteiger partial charge in [0.2, 0.25) is 0 Å². The smallest absolute Gasteiger partial charge is 0.405 e. The van der Waals surface area contributed by atoms with Crippen LogP contribution in [0.1, 0.15) is 0 Å². The van der Waals surface area contributed by atoms with E-state index in [2.05, 4.69) is 60.7 Å². The van der Waals surface area contributed by atoms with E-state index in [9.17, 15) is 0 Å². The van der Waals surface area contributed by atoms with Gasteiger partial charge in [0.1, 0.15) is 11.5 Å². The van der Waals surface area contributed by atoms with Crippen LogP contribution in [0.5, 0.6) is 11.5 Å². The molecule has 0 saturated heterocycles. The number of hydrogen-bond acceptors (Lipinski definition) is 2. The van der Waals surface area contributed by atoms with Crippen molar-refractivity contribution in [1.82, 2.24) is 0 Å². The zero-order chi connectivity index (χ0) is 15.2. The fourth-order valence-electron chi connectivity index (χ4n) is 3.27. The van der Waals surface area contributed by atoms with Crippen LogP contribution in [0.15, 0.2) is 72.8 Å². The van der Waals surface area contributed by atoms with Crippen LogP contribution in [0.2, 0.25) is 0 Å². The molecule has 3 heteroatoms. The van der Waals surface area contributed by atoms with Crippen LogP contribution in [-0.2, 0) is 0 Å². The molecule has 0 unspecified atom stereocenters. The van der Waals surface area contributed by atoms with Crippen LogP contribution < -0.4 is 9.05 Å². The minimum atomic E-state index is 0.495. The maximum absolute atomic E-state index is 5.84. The summed E-state index contributed by atoms with van der Waals surface area (Å²) in [6.07, 6.45) is 0. The molecule has 4 aromatic carbocycles. The van der Waals surface area contributed by atoms with Crippen molar-refractivity contribution in [3.63, 3.8) is 0 Å². The summed E-state index contributed by atoms with van der Waals surface area (Å²) in [5.41, 5.74) is 2.22. The summed E-state index contributed by atoms with van der Waals surface area (Å²) in [4.78, 5) is 0. The van der Waals surface area contributed by atoms with Crippen LogP contribution in [0.25, 0.3) is 32.7 Å². The lowest BCUT2D eigenvalue weighted by Gasteiger charge is -2.13. The van der Waals surface area contributed by atoms with Gasteiger partial charge in [0, 0.05) is 11.1 Å². The minimum Gasteiger partial charge on any atom is -0.430 e. The molecule has 0 spiro atoms. The van der Waals surface area contributed by atoms with Crippen molar-refractivity contribution in [2.45, 2.75) is 0 Å². The van der Waals surface area contributed by atoms with Crippen LogP contribution >= 0.6 is 9.03 Å². The summed E-state index contributed by atoms with van der Waals surface area (Å²) in [6, 6.07) is 25.1. The average Bonchev–Trinajstić information content (AvgIpc) is 2.81. The first-order valence-corrected chi connectivity index (χ1v) is 8.23. The lowest BCUT2D eigenvalue weighted by molar-refractivity contribution is 0.526. The molecule has 0 amide bonds. The van der Waals surface area contributed by atoms with Crippen LogP contribution in [-0.4, -0.2) is 0 Å². The fraction of sp³-hybridized carbons (Fsp3) is 0. The van der Waals surface area contributed by atoms with Gasteiger partial charge in [0.15, 0.2) is 0 Å². The summed E-state index contributed by atoms with van der Waals surface area (Å²) in [5, 5.41) is 4.77. The highest BCUT2D eigenvalue weighted by atomic mass is 31.1. The predicted octanol–water partition coefficient (Wildman–Crippen LogP) is 6.21. The molecule has 1 aliphatic rings. The number of fused-ring (bicyclic) bond motifs is 7. The second kappa shape index (κ2) is 4.97. The molecule has 109 valence electrons. The zero-order valence-corrected chi connectivity index (χ0v) is 13.1. The third kappa shape index (κ3) is 1.92. The molecule has 0 bridgehead atoms. The standard InChI is InChI=1S/C20H12O2P/c1-3-7-15-13(5-1)9-11-17-19(15)20-16-8-4-2-6-14(16)10-12-18(20)22-23-21-17/h1-12H. The Bertz CT molecular complexity index is 971. The highest BCUT2D eigenvalue weighted by Gasteiger charge is 2.22. The lowest BCUT2D eigenvalue weighted by atomic mass is 9.92. The molecular weight excluding hydrogens is 303 g/mol. The Labute approximate surface area is 135 Å². The van der Waals surface area contributed by atoms with Gasteiger partial charge in [-0.3, -0.25) is 0 Å². The molecule has 2 nitrogen and oxygen atoms in total. The van der Waals surface area contributed by atoms with Gasteiger partial charge >= 0.3 is 9.03 Å². The molecule has 23 heavy (non-hydrogen) atoms. The first-order valence-electron chi connectivity index (χ1n) is 7.50. The summed E-state index contributed by atoms with van der Waals surface area (Å²) in [7, 11) is 0.495. The van der Waals surface area contributed by atoms with Crippen molar-refractivity contribution >= 4 is 30.6 Å². The van der Waals surface area contributed by atoms with Gasteiger partial charge in [-0.2, -0.15) is 0 Å². The Balaban J connectivity index is 2.01. The van der Waals surface area contributed by atoms with Gasteiger partial charge < -0.3 is 9.05 Å². The molecule has 1 aliphatic heterocycles. The van der Waals surface area contributed by atoms with E-state index in [-0.39, 0.29) is 0 Å². The van der Waals surface area contributed by atoms with Crippen LogP contribution in [0.3, 0.4) is 0 Å². The van der Waals surface area contributed by atoms with E-state index in [1.165, 1.54) is 21.5 Å². The highest BCUT2D eigenvalue weighted by Crippen LogP contribution is 2.49. The van der Waals surface area contributed by atoms with Crippen molar-refractivity contribution in [3.05, 3.63) is 72.8 Å². The quantitative estimate of drug-likeness (QED) is 0.359. The average molecular weight is 315 g/mol. The van der Waals surface area contributed by atoms with Gasteiger partial charge in [-0.05, 0) is 33.7 Å². The van der Waals surface area contributed by atoms with Gasteiger partial charge in [0.25, 0.3) is 0 Å². The maximum Gasteiger partial charge on any atom is 0.405 e. The molecule has 1 radical (unpaired) electrons. The normalized spacial score (nSPS) is 12.9. The number of rotatable bonds is 0. The fourth-order valence-corrected chi connectivity index (χ4v) is 3.77. The first-order chi connectivity index (χ1) is 11.4. The van der Waals surface area contributed by atoms with Crippen molar-refractivity contribution in [3.8, 4) is 22.6 Å². The Hall–Kier alpha value is -2.57.